The fraction of sp³-hybridized carbons (Fsp3) is 0.458. The van der Waals surface area contributed by atoms with E-state index in [0.717, 1.165) is 38.0 Å². The fourth-order valence-electron chi connectivity index (χ4n) is 3.11. The monoisotopic (exact) mass is 496 g/mol. The predicted molar refractivity (Wildman–Crippen MR) is 132 cm³/mol. The van der Waals surface area contributed by atoms with E-state index in [0.29, 0.717) is 30.5 Å². The Morgan fingerprint density at radius 1 is 1.00 bits per heavy atom. The lowest BCUT2D eigenvalue weighted by Crippen LogP contribution is -2.28. The summed E-state index contributed by atoms with van der Waals surface area (Å²) >= 11 is 5.81. The van der Waals surface area contributed by atoms with Gasteiger partial charge in [-0.3, -0.25) is 9.69 Å². The lowest BCUT2D eigenvalue weighted by Gasteiger charge is -2.15. The van der Waals surface area contributed by atoms with Crippen LogP contribution in [0.3, 0.4) is 0 Å². The van der Waals surface area contributed by atoms with Gasteiger partial charge in [0.05, 0.1) is 24.7 Å². The van der Waals surface area contributed by atoms with Crippen LogP contribution in [-0.4, -0.2) is 58.5 Å². The Balaban J connectivity index is 1.61. The van der Waals surface area contributed by atoms with Gasteiger partial charge >= 0.3 is 5.97 Å². The Bertz CT molecular complexity index is 950. The Morgan fingerprint density at radius 3 is 2.33 bits per heavy atom. The van der Waals surface area contributed by atoms with Crippen LogP contribution in [-0.2, 0) is 19.4 Å². The van der Waals surface area contributed by atoms with E-state index in [-0.39, 0.29) is 16.7 Å². The van der Waals surface area contributed by atoms with Gasteiger partial charge in [-0.05, 0) is 81.9 Å². The standard InChI is InChI=1S/C24H33ClN2O5S/c1-3-31-24(28)18-27(2)16-6-4-5-7-17-32-22-12-10-21(11-13-22)26-19-33(29,30)23-14-8-20(25)9-15-23/h8-15,26H,3-7,16-19H2,1-2H3. The van der Waals surface area contributed by atoms with E-state index in [1.165, 1.54) is 12.1 Å². The van der Waals surface area contributed by atoms with Crippen LogP contribution in [0.4, 0.5) is 5.69 Å². The molecule has 33 heavy (non-hydrogen) atoms. The topological polar surface area (TPSA) is 84.9 Å². The van der Waals surface area contributed by atoms with Crippen molar-refractivity contribution in [3.63, 3.8) is 0 Å². The van der Waals surface area contributed by atoms with E-state index in [2.05, 4.69) is 5.32 Å². The van der Waals surface area contributed by atoms with Gasteiger partial charge in [0.15, 0.2) is 9.84 Å². The van der Waals surface area contributed by atoms with Crippen molar-refractivity contribution in [3.05, 3.63) is 53.6 Å². The maximum atomic E-state index is 12.4. The molecule has 0 aliphatic carbocycles. The van der Waals surface area contributed by atoms with Crippen molar-refractivity contribution in [3.8, 4) is 5.75 Å². The quantitative estimate of drug-likeness (QED) is 0.284. The van der Waals surface area contributed by atoms with Gasteiger partial charge in [0.1, 0.15) is 11.6 Å². The number of halogens is 1. The van der Waals surface area contributed by atoms with Crippen LogP contribution in [0.15, 0.2) is 53.4 Å². The summed E-state index contributed by atoms with van der Waals surface area (Å²) in [6.45, 7) is 4.04. The van der Waals surface area contributed by atoms with Gasteiger partial charge < -0.3 is 14.8 Å². The van der Waals surface area contributed by atoms with Crippen molar-refractivity contribution in [1.29, 1.82) is 0 Å². The predicted octanol–water partition coefficient (Wildman–Crippen LogP) is 4.62. The summed E-state index contributed by atoms with van der Waals surface area (Å²) in [7, 11) is -1.53. The smallest absolute Gasteiger partial charge is 0.320 e. The molecule has 9 heteroatoms. The number of carbonyl (C=O) groups is 1. The number of likely N-dealkylation sites (N-methyl/N-ethyl adjacent to an activating group) is 1. The van der Waals surface area contributed by atoms with Crippen LogP contribution in [0, 0.1) is 0 Å². The number of hydrogen-bond acceptors (Lipinski definition) is 7. The second-order valence-corrected chi connectivity index (χ2v) is 10.1. The highest BCUT2D eigenvalue weighted by molar-refractivity contribution is 7.91. The molecule has 0 spiro atoms. The van der Waals surface area contributed by atoms with Crippen LogP contribution in [0.2, 0.25) is 5.02 Å². The van der Waals surface area contributed by atoms with Crippen molar-refractivity contribution in [2.75, 3.05) is 44.5 Å². The van der Waals surface area contributed by atoms with E-state index < -0.39 is 9.84 Å². The molecule has 0 heterocycles. The number of nitrogens with one attached hydrogen (secondary N) is 1. The molecule has 0 bridgehead atoms. The molecule has 0 radical (unpaired) electrons. The van der Waals surface area contributed by atoms with Crippen molar-refractivity contribution in [2.24, 2.45) is 0 Å². The number of sulfone groups is 1. The zero-order chi connectivity index (χ0) is 24.1. The molecular formula is C24H33ClN2O5S. The molecule has 0 saturated heterocycles. The van der Waals surface area contributed by atoms with Crippen molar-refractivity contribution in [2.45, 2.75) is 37.5 Å². The second-order valence-electron chi connectivity index (χ2n) is 7.72. The summed E-state index contributed by atoms with van der Waals surface area (Å²) in [5, 5.41) is 3.43. The molecule has 1 N–H and O–H groups in total. The van der Waals surface area contributed by atoms with Crippen LogP contribution in [0.5, 0.6) is 5.75 Å². The first-order valence-electron chi connectivity index (χ1n) is 11.1. The minimum Gasteiger partial charge on any atom is -0.494 e. The number of esters is 1. The highest BCUT2D eigenvalue weighted by atomic mass is 35.5. The summed E-state index contributed by atoms with van der Waals surface area (Å²) in [4.78, 5) is 13.6. The Morgan fingerprint density at radius 2 is 1.67 bits per heavy atom. The molecule has 0 amide bonds. The van der Waals surface area contributed by atoms with E-state index in [1.54, 1.807) is 24.3 Å². The highest BCUT2D eigenvalue weighted by Gasteiger charge is 2.14. The summed E-state index contributed by atoms with van der Waals surface area (Å²) in [6, 6.07) is 13.4. The zero-order valence-corrected chi connectivity index (χ0v) is 20.8. The second kappa shape index (κ2) is 14.1. The first-order valence-corrected chi connectivity index (χ1v) is 13.1. The van der Waals surface area contributed by atoms with Gasteiger partial charge in [0.2, 0.25) is 0 Å². The maximum absolute atomic E-state index is 12.4. The first kappa shape index (κ1) is 27.0. The number of anilines is 1. The minimum absolute atomic E-state index is 0.183. The molecule has 2 aromatic carbocycles. The van der Waals surface area contributed by atoms with Crippen molar-refractivity contribution >= 4 is 33.1 Å². The number of benzene rings is 2. The molecule has 0 aromatic heterocycles. The third-order valence-electron chi connectivity index (χ3n) is 4.90. The lowest BCUT2D eigenvalue weighted by molar-refractivity contribution is -0.144. The molecule has 2 rings (SSSR count). The van der Waals surface area contributed by atoms with Crippen LogP contribution in [0.25, 0.3) is 0 Å². The van der Waals surface area contributed by atoms with Crippen LogP contribution in [0.1, 0.15) is 32.6 Å². The summed E-state index contributed by atoms with van der Waals surface area (Å²) in [5.74, 6) is 0.358. The van der Waals surface area contributed by atoms with Gasteiger partial charge in [-0.2, -0.15) is 0 Å². The third kappa shape index (κ3) is 10.5. The number of carbonyl (C=O) groups excluding carboxylic acids is 1. The molecule has 0 saturated carbocycles. The Hall–Kier alpha value is -2.29. The summed E-state index contributed by atoms with van der Waals surface area (Å²) in [5.41, 5.74) is 0.701. The van der Waals surface area contributed by atoms with Gasteiger partial charge in [0, 0.05) is 10.7 Å². The summed E-state index contributed by atoms with van der Waals surface area (Å²) in [6.07, 6.45) is 4.09. The average molecular weight is 497 g/mol. The fourth-order valence-corrected chi connectivity index (χ4v) is 4.31. The number of nitrogens with zero attached hydrogens (tertiary/aromatic N) is 1. The third-order valence-corrected chi connectivity index (χ3v) is 6.67. The van der Waals surface area contributed by atoms with E-state index in [4.69, 9.17) is 21.1 Å². The first-order chi connectivity index (χ1) is 15.8. The maximum Gasteiger partial charge on any atom is 0.320 e. The van der Waals surface area contributed by atoms with Gasteiger partial charge in [-0.25, -0.2) is 8.42 Å². The van der Waals surface area contributed by atoms with Gasteiger partial charge in [-0.1, -0.05) is 24.4 Å². The SMILES string of the molecule is CCOC(=O)CN(C)CCCCCCOc1ccc(NCS(=O)(=O)c2ccc(Cl)cc2)cc1. The van der Waals surface area contributed by atoms with E-state index in [1.807, 2.05) is 31.0 Å². The zero-order valence-electron chi connectivity index (χ0n) is 19.3. The molecule has 182 valence electrons. The molecule has 0 atom stereocenters. The van der Waals surface area contributed by atoms with E-state index in [9.17, 15) is 13.2 Å². The molecular weight excluding hydrogens is 464 g/mol. The molecule has 7 nitrogen and oxygen atoms in total. The van der Waals surface area contributed by atoms with Crippen LogP contribution < -0.4 is 10.1 Å². The largest absolute Gasteiger partial charge is 0.494 e. The number of ether oxygens (including phenoxy) is 2. The van der Waals surface area contributed by atoms with Gasteiger partial charge in [-0.15, -0.1) is 0 Å². The average Bonchev–Trinajstić information content (AvgIpc) is 2.78. The van der Waals surface area contributed by atoms with Crippen molar-refractivity contribution < 1.29 is 22.7 Å². The van der Waals surface area contributed by atoms with Gasteiger partial charge in [0.25, 0.3) is 0 Å². The molecule has 0 fully saturated rings. The minimum atomic E-state index is -3.45. The number of unbranched alkanes of at least 4 members (excludes halogenated alkanes) is 3. The van der Waals surface area contributed by atoms with Crippen LogP contribution >= 0.6 is 11.6 Å². The number of hydrogen-bond donors (Lipinski definition) is 1. The molecule has 2 aromatic rings. The lowest BCUT2D eigenvalue weighted by atomic mass is 10.2. The Labute approximate surface area is 201 Å². The molecule has 0 aliphatic rings. The number of rotatable bonds is 15. The highest BCUT2D eigenvalue weighted by Crippen LogP contribution is 2.19. The summed E-state index contributed by atoms with van der Waals surface area (Å²) < 4.78 is 35.5. The molecule has 0 aliphatic heterocycles. The van der Waals surface area contributed by atoms with Crippen molar-refractivity contribution in [1.82, 2.24) is 4.90 Å². The molecule has 0 unspecified atom stereocenters. The Kier molecular flexibility index (Phi) is 11.5. The normalized spacial score (nSPS) is 11.4. The van der Waals surface area contributed by atoms with E-state index >= 15 is 0 Å².